The fraction of sp³-hybridized carbons (Fsp3) is 0.529. The highest BCUT2D eigenvalue weighted by Gasteiger charge is 2.18. The van der Waals surface area contributed by atoms with Gasteiger partial charge in [-0.25, -0.2) is 9.97 Å². The van der Waals surface area contributed by atoms with Gasteiger partial charge in [0.2, 0.25) is 0 Å². The molecule has 4 nitrogen and oxygen atoms in total. The average molecular weight is 286 g/mol. The minimum Gasteiger partial charge on any atom is -0.313 e. The van der Waals surface area contributed by atoms with Crippen LogP contribution in [0.3, 0.4) is 0 Å². The van der Waals surface area contributed by atoms with Crippen LogP contribution in [0.5, 0.6) is 0 Å². The van der Waals surface area contributed by atoms with Crippen LogP contribution in [0.15, 0.2) is 18.5 Å². The van der Waals surface area contributed by atoms with Crippen molar-refractivity contribution in [1.29, 1.82) is 0 Å². The van der Waals surface area contributed by atoms with Crippen molar-refractivity contribution in [2.24, 2.45) is 0 Å². The highest BCUT2D eigenvalue weighted by atomic mass is 15.1. The van der Waals surface area contributed by atoms with Crippen molar-refractivity contribution < 1.29 is 0 Å². The predicted octanol–water partition coefficient (Wildman–Crippen LogP) is 3.29. The highest BCUT2D eigenvalue weighted by molar-refractivity contribution is 5.35. The average Bonchev–Trinajstić information content (AvgIpc) is 2.75. The third kappa shape index (κ3) is 3.50. The lowest BCUT2D eigenvalue weighted by Crippen LogP contribution is -2.18. The Morgan fingerprint density at radius 1 is 1.19 bits per heavy atom. The quantitative estimate of drug-likeness (QED) is 0.938. The fourth-order valence-electron chi connectivity index (χ4n) is 2.18. The standard InChI is InChI=1S/C17H26N4/c1-7-18-10-14-8-15(17(4,5)6)20-16(9-14)21-11-19-12(2)13(21)3/h8-9,11,18H,7,10H2,1-6H3. The van der Waals surface area contributed by atoms with E-state index in [1.807, 2.05) is 13.3 Å². The van der Waals surface area contributed by atoms with Crippen LogP contribution in [0.1, 0.15) is 50.3 Å². The van der Waals surface area contributed by atoms with E-state index in [0.717, 1.165) is 36.0 Å². The maximum absolute atomic E-state index is 4.85. The summed E-state index contributed by atoms with van der Waals surface area (Å²) in [5, 5.41) is 3.39. The van der Waals surface area contributed by atoms with E-state index in [1.54, 1.807) is 0 Å². The summed E-state index contributed by atoms with van der Waals surface area (Å²) in [5.41, 5.74) is 4.59. The normalized spacial score (nSPS) is 11.9. The molecule has 2 aromatic heterocycles. The Morgan fingerprint density at radius 3 is 2.43 bits per heavy atom. The van der Waals surface area contributed by atoms with E-state index in [2.05, 4.69) is 61.6 Å². The molecule has 0 aliphatic carbocycles. The molecular weight excluding hydrogens is 260 g/mol. The molecule has 0 bridgehead atoms. The van der Waals surface area contributed by atoms with Crippen molar-refractivity contribution in [3.8, 4) is 5.82 Å². The first-order valence-electron chi connectivity index (χ1n) is 7.56. The van der Waals surface area contributed by atoms with Gasteiger partial charge in [-0.1, -0.05) is 27.7 Å². The number of hydrogen-bond donors (Lipinski definition) is 1. The lowest BCUT2D eigenvalue weighted by Gasteiger charge is -2.20. The second kappa shape index (κ2) is 5.98. The zero-order valence-corrected chi connectivity index (χ0v) is 14.0. The van der Waals surface area contributed by atoms with Gasteiger partial charge in [-0.3, -0.25) is 4.57 Å². The van der Waals surface area contributed by atoms with Crippen molar-refractivity contribution in [2.45, 2.75) is 53.5 Å². The minimum absolute atomic E-state index is 0.0283. The second-order valence-electron chi connectivity index (χ2n) is 6.53. The van der Waals surface area contributed by atoms with Gasteiger partial charge in [0.15, 0.2) is 0 Å². The van der Waals surface area contributed by atoms with Crippen molar-refractivity contribution in [1.82, 2.24) is 19.9 Å². The lowest BCUT2D eigenvalue weighted by molar-refractivity contribution is 0.564. The molecule has 0 saturated heterocycles. The molecule has 2 aromatic rings. The Morgan fingerprint density at radius 2 is 1.90 bits per heavy atom. The minimum atomic E-state index is 0.0283. The Kier molecular flexibility index (Phi) is 4.47. The molecule has 2 heterocycles. The van der Waals surface area contributed by atoms with Gasteiger partial charge in [0, 0.05) is 23.3 Å². The molecular formula is C17H26N4. The first-order valence-corrected chi connectivity index (χ1v) is 7.56. The summed E-state index contributed by atoms with van der Waals surface area (Å²) in [4.78, 5) is 9.24. The van der Waals surface area contributed by atoms with E-state index in [-0.39, 0.29) is 5.41 Å². The van der Waals surface area contributed by atoms with E-state index in [9.17, 15) is 0 Å². The van der Waals surface area contributed by atoms with Crippen LogP contribution in [-0.4, -0.2) is 21.1 Å². The van der Waals surface area contributed by atoms with E-state index < -0.39 is 0 Å². The summed E-state index contributed by atoms with van der Waals surface area (Å²) in [7, 11) is 0. The van der Waals surface area contributed by atoms with Crippen molar-refractivity contribution in [3.05, 3.63) is 41.1 Å². The molecule has 114 valence electrons. The maximum Gasteiger partial charge on any atom is 0.138 e. The Bertz CT molecular complexity index is 620. The van der Waals surface area contributed by atoms with Crippen LogP contribution in [0.2, 0.25) is 0 Å². The number of rotatable bonds is 4. The summed E-state index contributed by atoms with van der Waals surface area (Å²) in [6.07, 6.45) is 1.86. The molecule has 0 spiro atoms. The fourth-order valence-corrected chi connectivity index (χ4v) is 2.18. The largest absolute Gasteiger partial charge is 0.313 e. The number of imidazole rings is 1. The first kappa shape index (κ1) is 15.7. The van der Waals surface area contributed by atoms with E-state index >= 15 is 0 Å². The number of nitrogens with one attached hydrogen (secondary N) is 1. The zero-order valence-electron chi connectivity index (χ0n) is 14.0. The second-order valence-corrected chi connectivity index (χ2v) is 6.53. The molecule has 4 heteroatoms. The smallest absolute Gasteiger partial charge is 0.138 e. The zero-order chi connectivity index (χ0) is 15.6. The van der Waals surface area contributed by atoms with Crippen molar-refractivity contribution in [2.75, 3.05) is 6.54 Å². The number of aromatic nitrogens is 3. The van der Waals surface area contributed by atoms with E-state index in [4.69, 9.17) is 4.98 Å². The summed E-state index contributed by atoms with van der Waals surface area (Å²) in [6.45, 7) is 14.6. The maximum atomic E-state index is 4.85. The van der Waals surface area contributed by atoms with Gasteiger partial charge in [0.25, 0.3) is 0 Å². The number of hydrogen-bond acceptors (Lipinski definition) is 3. The van der Waals surface area contributed by atoms with E-state index in [0.29, 0.717) is 0 Å². The summed E-state index contributed by atoms with van der Waals surface area (Å²) >= 11 is 0. The molecule has 0 aromatic carbocycles. The summed E-state index contributed by atoms with van der Waals surface area (Å²) in [6, 6.07) is 4.34. The molecule has 1 N–H and O–H groups in total. The highest BCUT2D eigenvalue weighted by Crippen LogP contribution is 2.24. The monoisotopic (exact) mass is 286 g/mol. The van der Waals surface area contributed by atoms with Gasteiger partial charge < -0.3 is 5.32 Å². The topological polar surface area (TPSA) is 42.7 Å². The third-order valence-electron chi connectivity index (χ3n) is 3.72. The molecule has 21 heavy (non-hydrogen) atoms. The molecule has 0 atom stereocenters. The van der Waals surface area contributed by atoms with Gasteiger partial charge in [-0.15, -0.1) is 0 Å². The summed E-state index contributed by atoms with van der Waals surface area (Å²) in [5.74, 6) is 0.952. The molecule has 0 fully saturated rings. The Hall–Kier alpha value is -1.68. The molecule has 0 unspecified atom stereocenters. The summed E-state index contributed by atoms with van der Waals surface area (Å²) < 4.78 is 2.07. The number of pyridine rings is 1. The van der Waals surface area contributed by atoms with Crippen molar-refractivity contribution >= 4 is 0 Å². The van der Waals surface area contributed by atoms with Crippen LogP contribution in [-0.2, 0) is 12.0 Å². The van der Waals surface area contributed by atoms with E-state index in [1.165, 1.54) is 5.56 Å². The number of nitrogens with zero attached hydrogens (tertiary/aromatic N) is 3. The van der Waals surface area contributed by atoms with Gasteiger partial charge >= 0.3 is 0 Å². The van der Waals surface area contributed by atoms with Crippen LogP contribution in [0.25, 0.3) is 5.82 Å². The Balaban J connectivity index is 2.52. The SMILES string of the molecule is CCNCc1cc(-n2cnc(C)c2C)nc(C(C)(C)C)c1. The predicted molar refractivity (Wildman–Crippen MR) is 86.9 cm³/mol. The first-order chi connectivity index (χ1) is 9.82. The van der Waals surface area contributed by atoms with Crippen molar-refractivity contribution in [3.63, 3.8) is 0 Å². The molecule has 0 saturated carbocycles. The Labute approximate surface area is 127 Å². The van der Waals surface area contributed by atoms with Gasteiger partial charge in [-0.05, 0) is 38.1 Å². The number of aryl methyl sites for hydroxylation is 1. The van der Waals surface area contributed by atoms with Crippen LogP contribution < -0.4 is 5.32 Å². The van der Waals surface area contributed by atoms with Gasteiger partial charge in [-0.2, -0.15) is 0 Å². The van der Waals surface area contributed by atoms with Crippen LogP contribution in [0, 0.1) is 13.8 Å². The molecule has 0 amide bonds. The lowest BCUT2D eigenvalue weighted by atomic mass is 9.90. The van der Waals surface area contributed by atoms with Gasteiger partial charge in [0.05, 0.1) is 5.69 Å². The molecule has 0 radical (unpaired) electrons. The van der Waals surface area contributed by atoms with Crippen LogP contribution >= 0.6 is 0 Å². The molecule has 0 aliphatic heterocycles. The van der Waals surface area contributed by atoms with Gasteiger partial charge in [0.1, 0.15) is 12.1 Å². The van der Waals surface area contributed by atoms with Crippen LogP contribution in [0.4, 0.5) is 0 Å². The molecule has 0 aliphatic rings. The third-order valence-corrected chi connectivity index (χ3v) is 3.72. The molecule has 2 rings (SSSR count).